The summed E-state index contributed by atoms with van der Waals surface area (Å²) in [6, 6.07) is 6.99. The molecule has 0 spiro atoms. The van der Waals surface area contributed by atoms with Gasteiger partial charge in [0, 0.05) is 16.7 Å². The summed E-state index contributed by atoms with van der Waals surface area (Å²) >= 11 is 3.36. The Balaban J connectivity index is 2.33. The van der Waals surface area contributed by atoms with Gasteiger partial charge < -0.3 is 10.6 Å². The molecule has 18 heavy (non-hydrogen) atoms. The molecule has 0 bridgehead atoms. The summed E-state index contributed by atoms with van der Waals surface area (Å²) in [5, 5.41) is 7.74. The Morgan fingerprint density at radius 1 is 1.28 bits per heavy atom. The summed E-state index contributed by atoms with van der Waals surface area (Å²) in [5.41, 5.74) is 0.807. The van der Waals surface area contributed by atoms with Crippen molar-refractivity contribution in [2.75, 3.05) is 18.4 Å². The van der Waals surface area contributed by atoms with Crippen molar-refractivity contribution < 1.29 is 9.59 Å². The molecule has 0 saturated carbocycles. The van der Waals surface area contributed by atoms with Gasteiger partial charge in [0.2, 0.25) is 5.91 Å². The van der Waals surface area contributed by atoms with Gasteiger partial charge in [-0.2, -0.15) is 0 Å². The lowest BCUT2D eigenvalue weighted by molar-refractivity contribution is -0.118. The van der Waals surface area contributed by atoms with E-state index < -0.39 is 6.03 Å². The number of hydrogen-bond acceptors (Lipinski definition) is 3. The maximum atomic E-state index is 11.5. The van der Waals surface area contributed by atoms with Gasteiger partial charge in [-0.25, -0.2) is 4.79 Å². The van der Waals surface area contributed by atoms with Gasteiger partial charge in [-0.1, -0.05) is 19.1 Å². The topological polar surface area (TPSA) is 70.2 Å². The Kier molecular flexibility index (Phi) is 6.21. The van der Waals surface area contributed by atoms with E-state index in [0.717, 1.165) is 16.6 Å². The van der Waals surface area contributed by atoms with Crippen LogP contribution in [0.5, 0.6) is 0 Å². The number of amides is 3. The third-order valence-corrected chi connectivity index (χ3v) is 2.79. The van der Waals surface area contributed by atoms with Crippen LogP contribution in [0.4, 0.5) is 10.5 Å². The number of carbonyl (C=O) groups excluding carboxylic acids is 2. The zero-order valence-electron chi connectivity index (χ0n) is 10.1. The summed E-state index contributed by atoms with van der Waals surface area (Å²) in [6.07, 6.45) is 0.830. The van der Waals surface area contributed by atoms with Crippen LogP contribution in [0, 0.1) is 0 Å². The van der Waals surface area contributed by atoms with Crippen LogP contribution in [0.15, 0.2) is 28.7 Å². The minimum atomic E-state index is -0.462. The molecule has 3 N–H and O–H groups in total. The van der Waals surface area contributed by atoms with Gasteiger partial charge in [-0.3, -0.25) is 10.1 Å². The van der Waals surface area contributed by atoms with E-state index in [1.54, 1.807) is 0 Å². The molecule has 98 valence electrons. The second kappa shape index (κ2) is 7.71. The number of nitrogens with one attached hydrogen (secondary N) is 3. The number of hydrogen-bond donors (Lipinski definition) is 3. The SMILES string of the molecule is CCCNC(=O)NC(=O)CNc1ccccc1Br. The summed E-state index contributed by atoms with van der Waals surface area (Å²) in [5.74, 6) is -0.376. The zero-order chi connectivity index (χ0) is 13.4. The van der Waals surface area contributed by atoms with Gasteiger partial charge in [0.15, 0.2) is 0 Å². The Labute approximate surface area is 114 Å². The predicted molar refractivity (Wildman–Crippen MR) is 74.5 cm³/mol. The van der Waals surface area contributed by atoms with Crippen molar-refractivity contribution in [2.45, 2.75) is 13.3 Å². The molecule has 0 atom stereocenters. The van der Waals surface area contributed by atoms with Crippen molar-refractivity contribution in [2.24, 2.45) is 0 Å². The fraction of sp³-hybridized carbons (Fsp3) is 0.333. The average molecular weight is 314 g/mol. The highest BCUT2D eigenvalue weighted by atomic mass is 79.9. The first-order valence-electron chi connectivity index (χ1n) is 5.69. The molecule has 5 nitrogen and oxygen atoms in total. The summed E-state index contributed by atoms with van der Waals surface area (Å²) in [7, 11) is 0. The average Bonchev–Trinajstić information content (AvgIpc) is 2.35. The van der Waals surface area contributed by atoms with E-state index in [1.165, 1.54) is 0 Å². The highest BCUT2D eigenvalue weighted by Crippen LogP contribution is 2.20. The van der Waals surface area contributed by atoms with Gasteiger partial charge in [0.05, 0.1) is 6.54 Å². The van der Waals surface area contributed by atoms with E-state index in [-0.39, 0.29) is 12.5 Å². The van der Waals surface area contributed by atoms with Crippen LogP contribution in [-0.2, 0) is 4.79 Å². The van der Waals surface area contributed by atoms with E-state index in [9.17, 15) is 9.59 Å². The first-order chi connectivity index (χ1) is 8.63. The molecule has 0 fully saturated rings. The van der Waals surface area contributed by atoms with E-state index in [1.807, 2.05) is 31.2 Å². The number of para-hydroxylation sites is 1. The fourth-order valence-corrected chi connectivity index (χ4v) is 1.66. The largest absolute Gasteiger partial charge is 0.375 e. The van der Waals surface area contributed by atoms with Crippen LogP contribution in [0.25, 0.3) is 0 Å². The third kappa shape index (κ3) is 5.18. The Bertz CT molecular complexity index is 424. The lowest BCUT2D eigenvalue weighted by Crippen LogP contribution is -2.42. The molecule has 1 aromatic carbocycles. The maximum Gasteiger partial charge on any atom is 0.321 e. The molecule has 0 unspecified atom stereocenters. The van der Waals surface area contributed by atoms with Gasteiger partial charge in [-0.15, -0.1) is 0 Å². The molecular weight excluding hydrogens is 298 g/mol. The Morgan fingerprint density at radius 3 is 2.67 bits per heavy atom. The molecule has 0 aliphatic heterocycles. The quantitative estimate of drug-likeness (QED) is 0.779. The predicted octanol–water partition coefficient (Wildman–Crippen LogP) is 2.10. The van der Waals surface area contributed by atoms with Crippen LogP contribution < -0.4 is 16.0 Å². The second-order valence-corrected chi connectivity index (χ2v) is 4.49. The van der Waals surface area contributed by atoms with Gasteiger partial charge in [0.1, 0.15) is 0 Å². The van der Waals surface area contributed by atoms with Crippen molar-refractivity contribution in [3.05, 3.63) is 28.7 Å². The van der Waals surface area contributed by atoms with Gasteiger partial charge in [-0.05, 0) is 34.5 Å². The second-order valence-electron chi connectivity index (χ2n) is 3.64. The lowest BCUT2D eigenvalue weighted by atomic mass is 10.3. The number of anilines is 1. The standard InChI is InChI=1S/C12H16BrN3O2/c1-2-7-14-12(18)16-11(17)8-15-10-6-4-3-5-9(10)13/h3-6,15H,2,7-8H2,1H3,(H2,14,16,17,18). The summed E-state index contributed by atoms with van der Waals surface area (Å²) in [4.78, 5) is 22.7. The molecule has 0 aliphatic carbocycles. The van der Waals surface area contributed by atoms with E-state index >= 15 is 0 Å². The van der Waals surface area contributed by atoms with Crippen LogP contribution >= 0.6 is 15.9 Å². The minimum Gasteiger partial charge on any atom is -0.375 e. The first-order valence-corrected chi connectivity index (χ1v) is 6.49. The normalized spacial score (nSPS) is 9.67. The smallest absolute Gasteiger partial charge is 0.321 e. The molecular formula is C12H16BrN3O2. The summed E-state index contributed by atoms with van der Waals surface area (Å²) < 4.78 is 0.869. The molecule has 0 aromatic heterocycles. The highest BCUT2D eigenvalue weighted by molar-refractivity contribution is 9.10. The first kappa shape index (κ1) is 14.5. The van der Waals surface area contributed by atoms with Crippen molar-refractivity contribution in [3.8, 4) is 0 Å². The molecule has 0 aliphatic rings. The van der Waals surface area contributed by atoms with E-state index in [4.69, 9.17) is 0 Å². The molecule has 0 heterocycles. The lowest BCUT2D eigenvalue weighted by Gasteiger charge is -2.08. The number of urea groups is 1. The number of rotatable bonds is 5. The molecule has 0 saturated heterocycles. The van der Waals surface area contributed by atoms with Crippen LogP contribution in [0.1, 0.15) is 13.3 Å². The summed E-state index contributed by atoms with van der Waals surface area (Å²) in [6.45, 7) is 2.54. The Hall–Kier alpha value is -1.56. The molecule has 3 amide bonds. The maximum absolute atomic E-state index is 11.5. The van der Waals surface area contributed by atoms with Crippen LogP contribution in [-0.4, -0.2) is 25.0 Å². The molecule has 1 rings (SSSR count). The van der Waals surface area contributed by atoms with Crippen LogP contribution in [0.3, 0.4) is 0 Å². The number of halogens is 1. The van der Waals surface area contributed by atoms with Crippen molar-refractivity contribution in [1.29, 1.82) is 0 Å². The number of carbonyl (C=O) groups is 2. The molecule has 0 radical (unpaired) electrons. The third-order valence-electron chi connectivity index (χ3n) is 2.10. The fourth-order valence-electron chi connectivity index (χ4n) is 1.23. The zero-order valence-corrected chi connectivity index (χ0v) is 11.7. The Morgan fingerprint density at radius 2 is 2.00 bits per heavy atom. The monoisotopic (exact) mass is 313 g/mol. The number of benzene rings is 1. The number of imide groups is 1. The van der Waals surface area contributed by atoms with Gasteiger partial charge in [0.25, 0.3) is 0 Å². The van der Waals surface area contributed by atoms with Crippen molar-refractivity contribution in [3.63, 3.8) is 0 Å². The minimum absolute atomic E-state index is 0.0438. The van der Waals surface area contributed by atoms with Crippen LogP contribution in [0.2, 0.25) is 0 Å². The van der Waals surface area contributed by atoms with E-state index in [2.05, 4.69) is 31.9 Å². The highest BCUT2D eigenvalue weighted by Gasteiger charge is 2.07. The van der Waals surface area contributed by atoms with Gasteiger partial charge >= 0.3 is 6.03 Å². The van der Waals surface area contributed by atoms with Crippen molar-refractivity contribution in [1.82, 2.24) is 10.6 Å². The molecule has 1 aromatic rings. The van der Waals surface area contributed by atoms with Crippen molar-refractivity contribution >= 4 is 33.6 Å². The molecule has 6 heteroatoms. The van der Waals surface area contributed by atoms with E-state index in [0.29, 0.717) is 6.54 Å².